The summed E-state index contributed by atoms with van der Waals surface area (Å²) in [7, 11) is 3.15. The minimum Gasteiger partial charge on any atom is -0.497 e. The molecular formula is C17H16BrNO4. The Kier molecular flexibility index (Phi) is 6.12. The molecule has 0 heterocycles. The SMILES string of the molecule is COc1ccc(OCCOc2c(Br)cc(C#N)cc2OC)cc1. The average molecular weight is 378 g/mol. The molecule has 0 amide bonds. The molecule has 0 saturated carbocycles. The zero-order valence-corrected chi connectivity index (χ0v) is 14.4. The molecule has 2 aromatic rings. The molecule has 0 aliphatic rings. The molecule has 0 radical (unpaired) electrons. The Morgan fingerprint density at radius 2 is 1.61 bits per heavy atom. The quantitative estimate of drug-likeness (QED) is 0.686. The van der Waals surface area contributed by atoms with Gasteiger partial charge in [-0.3, -0.25) is 0 Å². The van der Waals surface area contributed by atoms with Gasteiger partial charge in [-0.05, 0) is 46.3 Å². The van der Waals surface area contributed by atoms with Gasteiger partial charge in [0, 0.05) is 6.07 Å². The van der Waals surface area contributed by atoms with Crippen molar-refractivity contribution in [2.24, 2.45) is 0 Å². The van der Waals surface area contributed by atoms with Crippen LogP contribution in [-0.2, 0) is 0 Å². The van der Waals surface area contributed by atoms with E-state index in [1.54, 1.807) is 19.2 Å². The first-order chi connectivity index (χ1) is 11.2. The molecule has 2 aromatic carbocycles. The second-order valence-electron chi connectivity index (χ2n) is 4.47. The van der Waals surface area contributed by atoms with Crippen LogP contribution in [0.15, 0.2) is 40.9 Å². The molecule has 5 nitrogen and oxygen atoms in total. The van der Waals surface area contributed by atoms with Crippen LogP contribution in [0.1, 0.15) is 5.56 Å². The van der Waals surface area contributed by atoms with Crippen molar-refractivity contribution in [3.05, 3.63) is 46.4 Å². The normalized spacial score (nSPS) is 9.83. The van der Waals surface area contributed by atoms with Crippen molar-refractivity contribution in [1.29, 1.82) is 5.26 Å². The lowest BCUT2D eigenvalue weighted by atomic mass is 10.2. The second kappa shape index (κ2) is 8.30. The fourth-order valence-corrected chi connectivity index (χ4v) is 2.46. The van der Waals surface area contributed by atoms with E-state index in [0.717, 1.165) is 11.5 Å². The second-order valence-corrected chi connectivity index (χ2v) is 5.33. The van der Waals surface area contributed by atoms with E-state index in [0.29, 0.717) is 34.7 Å². The third-order valence-electron chi connectivity index (χ3n) is 3.02. The minimum absolute atomic E-state index is 0.340. The standard InChI is InChI=1S/C17H16BrNO4/c1-20-13-3-5-14(6-4-13)22-7-8-23-17-15(18)9-12(11-19)10-16(17)21-2/h3-6,9-10H,7-8H2,1-2H3. The van der Waals surface area contributed by atoms with Crippen LogP contribution in [0.2, 0.25) is 0 Å². The van der Waals surface area contributed by atoms with Gasteiger partial charge in [0.25, 0.3) is 0 Å². The predicted octanol–water partition coefficient (Wildman–Crippen LogP) is 3.80. The number of benzene rings is 2. The summed E-state index contributed by atoms with van der Waals surface area (Å²) in [5, 5.41) is 8.95. The maximum absolute atomic E-state index is 8.95. The van der Waals surface area contributed by atoms with Crippen LogP contribution in [0, 0.1) is 11.3 Å². The van der Waals surface area contributed by atoms with E-state index in [1.165, 1.54) is 7.11 Å². The Labute approximate surface area is 143 Å². The molecule has 0 bridgehead atoms. The average Bonchev–Trinajstić information content (AvgIpc) is 2.59. The lowest BCUT2D eigenvalue weighted by Gasteiger charge is -2.13. The number of ether oxygens (including phenoxy) is 4. The Morgan fingerprint density at radius 3 is 2.22 bits per heavy atom. The van der Waals surface area contributed by atoms with Crippen LogP contribution >= 0.6 is 15.9 Å². The number of hydrogen-bond acceptors (Lipinski definition) is 5. The van der Waals surface area contributed by atoms with Crippen LogP contribution < -0.4 is 18.9 Å². The van der Waals surface area contributed by atoms with E-state index in [2.05, 4.69) is 22.0 Å². The number of halogens is 1. The molecule has 23 heavy (non-hydrogen) atoms. The maximum Gasteiger partial charge on any atom is 0.175 e. The number of hydrogen-bond donors (Lipinski definition) is 0. The maximum atomic E-state index is 8.95. The van der Waals surface area contributed by atoms with Crippen molar-refractivity contribution in [3.63, 3.8) is 0 Å². The van der Waals surface area contributed by atoms with Crippen LogP contribution in [0.5, 0.6) is 23.0 Å². The fraction of sp³-hybridized carbons (Fsp3) is 0.235. The van der Waals surface area contributed by atoms with Gasteiger partial charge in [-0.2, -0.15) is 5.26 Å². The highest BCUT2D eigenvalue weighted by atomic mass is 79.9. The molecular weight excluding hydrogens is 362 g/mol. The van der Waals surface area contributed by atoms with Gasteiger partial charge in [-0.25, -0.2) is 0 Å². The van der Waals surface area contributed by atoms with Gasteiger partial charge < -0.3 is 18.9 Å². The third-order valence-corrected chi connectivity index (χ3v) is 3.61. The number of nitrogens with zero attached hydrogens (tertiary/aromatic N) is 1. The van der Waals surface area contributed by atoms with Gasteiger partial charge in [-0.1, -0.05) is 0 Å². The summed E-state index contributed by atoms with van der Waals surface area (Å²) < 4.78 is 22.3. The van der Waals surface area contributed by atoms with E-state index in [4.69, 9.17) is 24.2 Å². The number of rotatable bonds is 7. The van der Waals surface area contributed by atoms with Gasteiger partial charge in [-0.15, -0.1) is 0 Å². The largest absolute Gasteiger partial charge is 0.497 e. The van der Waals surface area contributed by atoms with Gasteiger partial charge in [0.05, 0.1) is 30.3 Å². The highest BCUT2D eigenvalue weighted by molar-refractivity contribution is 9.10. The van der Waals surface area contributed by atoms with Gasteiger partial charge in [0.2, 0.25) is 0 Å². The summed E-state index contributed by atoms with van der Waals surface area (Å²) in [6, 6.07) is 12.7. The van der Waals surface area contributed by atoms with Crippen molar-refractivity contribution in [1.82, 2.24) is 0 Å². The lowest BCUT2D eigenvalue weighted by Crippen LogP contribution is -2.10. The molecule has 0 unspecified atom stereocenters. The van der Waals surface area contributed by atoms with Crippen LogP contribution in [0.4, 0.5) is 0 Å². The molecule has 0 N–H and O–H groups in total. The van der Waals surface area contributed by atoms with E-state index < -0.39 is 0 Å². The minimum atomic E-state index is 0.340. The summed E-state index contributed by atoms with van der Waals surface area (Å²) in [5.41, 5.74) is 0.496. The van der Waals surface area contributed by atoms with Crippen molar-refractivity contribution >= 4 is 15.9 Å². The van der Waals surface area contributed by atoms with Crippen LogP contribution in [-0.4, -0.2) is 27.4 Å². The Morgan fingerprint density at radius 1 is 0.957 bits per heavy atom. The molecule has 2 rings (SSSR count). The predicted molar refractivity (Wildman–Crippen MR) is 89.4 cm³/mol. The van der Waals surface area contributed by atoms with Gasteiger partial charge in [0.15, 0.2) is 11.5 Å². The molecule has 0 spiro atoms. The Balaban J connectivity index is 1.92. The van der Waals surface area contributed by atoms with Crippen LogP contribution in [0.3, 0.4) is 0 Å². The smallest absolute Gasteiger partial charge is 0.175 e. The van der Waals surface area contributed by atoms with Crippen molar-refractivity contribution in [2.75, 3.05) is 27.4 Å². The molecule has 6 heteroatoms. The third kappa shape index (κ3) is 4.54. The molecule has 0 aliphatic heterocycles. The monoisotopic (exact) mass is 377 g/mol. The summed E-state index contributed by atoms with van der Waals surface area (Å²) >= 11 is 3.38. The number of nitriles is 1. The summed E-state index contributed by atoms with van der Waals surface area (Å²) in [6.07, 6.45) is 0. The molecule has 0 atom stereocenters. The Bertz CT molecular complexity index is 695. The highest BCUT2D eigenvalue weighted by Crippen LogP contribution is 2.36. The highest BCUT2D eigenvalue weighted by Gasteiger charge is 2.11. The van der Waals surface area contributed by atoms with Gasteiger partial charge in [0.1, 0.15) is 24.7 Å². The number of methoxy groups -OCH3 is 2. The van der Waals surface area contributed by atoms with Gasteiger partial charge >= 0.3 is 0 Å². The van der Waals surface area contributed by atoms with E-state index >= 15 is 0 Å². The topological polar surface area (TPSA) is 60.7 Å². The first kappa shape index (κ1) is 17.0. The molecule has 0 aliphatic carbocycles. The van der Waals surface area contributed by atoms with Crippen molar-refractivity contribution < 1.29 is 18.9 Å². The van der Waals surface area contributed by atoms with Crippen molar-refractivity contribution in [2.45, 2.75) is 0 Å². The zero-order valence-electron chi connectivity index (χ0n) is 12.8. The zero-order chi connectivity index (χ0) is 16.7. The van der Waals surface area contributed by atoms with E-state index in [9.17, 15) is 0 Å². The fourth-order valence-electron chi connectivity index (χ4n) is 1.90. The summed E-state index contributed by atoms with van der Waals surface area (Å²) in [4.78, 5) is 0. The first-order valence-electron chi connectivity index (χ1n) is 6.85. The molecule has 0 saturated heterocycles. The molecule has 0 fully saturated rings. The first-order valence-corrected chi connectivity index (χ1v) is 7.64. The van der Waals surface area contributed by atoms with E-state index in [-0.39, 0.29) is 0 Å². The van der Waals surface area contributed by atoms with E-state index in [1.807, 2.05) is 24.3 Å². The summed E-state index contributed by atoms with van der Waals surface area (Å²) in [6.45, 7) is 0.717. The molecule has 120 valence electrons. The summed E-state index contributed by atoms with van der Waals surface area (Å²) in [5.74, 6) is 2.56. The van der Waals surface area contributed by atoms with Crippen LogP contribution in [0.25, 0.3) is 0 Å². The van der Waals surface area contributed by atoms with Crippen molar-refractivity contribution in [3.8, 4) is 29.1 Å². The Hall–Kier alpha value is -2.39. The lowest BCUT2D eigenvalue weighted by molar-refractivity contribution is 0.210. The molecule has 0 aromatic heterocycles.